The van der Waals surface area contributed by atoms with E-state index < -0.39 is 0 Å². The van der Waals surface area contributed by atoms with Crippen molar-refractivity contribution in [2.45, 2.75) is 6.54 Å². The second-order valence-corrected chi connectivity index (χ2v) is 6.00. The van der Waals surface area contributed by atoms with Crippen LogP contribution in [0.3, 0.4) is 0 Å². The van der Waals surface area contributed by atoms with Crippen LogP contribution in [0.4, 0.5) is 5.82 Å². The van der Waals surface area contributed by atoms with Crippen molar-refractivity contribution in [3.63, 3.8) is 0 Å². The van der Waals surface area contributed by atoms with Crippen LogP contribution in [0.2, 0.25) is 0 Å². The van der Waals surface area contributed by atoms with Crippen LogP contribution in [-0.2, 0) is 6.54 Å². The molecule has 0 spiro atoms. The Hall–Kier alpha value is -3.54. The molecule has 6 nitrogen and oxygen atoms in total. The molecule has 2 aromatic carbocycles. The molecule has 0 fully saturated rings. The van der Waals surface area contributed by atoms with Gasteiger partial charge in [0.15, 0.2) is 17.1 Å². The lowest BCUT2D eigenvalue weighted by Gasteiger charge is -2.15. The van der Waals surface area contributed by atoms with Crippen LogP contribution in [0.25, 0.3) is 16.9 Å². The number of rotatable bonds is 6. The van der Waals surface area contributed by atoms with Crippen LogP contribution < -0.4 is 14.8 Å². The zero-order valence-corrected chi connectivity index (χ0v) is 15.2. The summed E-state index contributed by atoms with van der Waals surface area (Å²) in [5, 5.41) is 7.83. The summed E-state index contributed by atoms with van der Waals surface area (Å²) >= 11 is 0. The average Bonchev–Trinajstić information content (AvgIpc) is 3.21. The van der Waals surface area contributed by atoms with Gasteiger partial charge < -0.3 is 14.8 Å². The van der Waals surface area contributed by atoms with Crippen LogP contribution in [-0.4, -0.2) is 28.8 Å². The third-order valence-electron chi connectivity index (χ3n) is 4.37. The van der Waals surface area contributed by atoms with Gasteiger partial charge in [0.2, 0.25) is 0 Å². The molecule has 0 radical (unpaired) electrons. The molecule has 0 amide bonds. The summed E-state index contributed by atoms with van der Waals surface area (Å²) in [6, 6.07) is 19.8. The molecule has 136 valence electrons. The minimum Gasteiger partial charge on any atom is -0.493 e. The van der Waals surface area contributed by atoms with Crippen molar-refractivity contribution >= 4 is 11.5 Å². The topological polar surface area (TPSA) is 60.7 Å². The van der Waals surface area contributed by atoms with Crippen molar-refractivity contribution in [2.75, 3.05) is 19.5 Å². The van der Waals surface area contributed by atoms with Gasteiger partial charge in [0.25, 0.3) is 0 Å². The number of aromatic nitrogens is 3. The van der Waals surface area contributed by atoms with E-state index in [9.17, 15) is 0 Å². The first kappa shape index (κ1) is 16.9. The summed E-state index contributed by atoms with van der Waals surface area (Å²) in [6.45, 7) is 0.563. The highest BCUT2D eigenvalue weighted by molar-refractivity contribution is 5.66. The molecule has 0 saturated carbocycles. The molecule has 4 rings (SSSR count). The number of anilines is 1. The summed E-state index contributed by atoms with van der Waals surface area (Å²) in [6.07, 6.45) is 1.74. The maximum absolute atomic E-state index is 5.52. The van der Waals surface area contributed by atoms with Gasteiger partial charge in [0.05, 0.1) is 26.1 Å². The van der Waals surface area contributed by atoms with Gasteiger partial charge >= 0.3 is 0 Å². The standard InChI is InChI=1S/C21H20N4O2/c1-26-18-10-6-9-16(21(18)27-2)14-22-20-13-17(15-7-4-3-5-8-15)24-19-11-12-23-25(19)20/h3-13,22H,14H2,1-2H3. The molecule has 0 aliphatic heterocycles. The molecule has 0 saturated heterocycles. The number of ether oxygens (including phenoxy) is 2. The third kappa shape index (κ3) is 3.29. The average molecular weight is 360 g/mol. The Kier molecular flexibility index (Phi) is 4.61. The summed E-state index contributed by atoms with van der Waals surface area (Å²) in [5.41, 5.74) is 3.73. The normalized spacial score (nSPS) is 10.7. The predicted octanol–water partition coefficient (Wildman–Crippen LogP) is 4.03. The molecule has 0 bridgehead atoms. The second kappa shape index (κ2) is 7.37. The Labute approximate surface area is 157 Å². The van der Waals surface area contributed by atoms with E-state index in [4.69, 9.17) is 14.5 Å². The number of hydrogen-bond acceptors (Lipinski definition) is 5. The largest absolute Gasteiger partial charge is 0.493 e. The fraction of sp³-hybridized carbons (Fsp3) is 0.143. The summed E-state index contributed by atoms with van der Waals surface area (Å²) < 4.78 is 12.7. The SMILES string of the molecule is COc1cccc(CNc2cc(-c3ccccc3)nc3ccnn23)c1OC. The van der Waals surface area contributed by atoms with E-state index in [-0.39, 0.29) is 0 Å². The lowest BCUT2D eigenvalue weighted by Crippen LogP contribution is -2.08. The molecule has 0 unspecified atom stereocenters. The first-order chi connectivity index (χ1) is 13.3. The lowest BCUT2D eigenvalue weighted by atomic mass is 10.1. The van der Waals surface area contributed by atoms with Crippen LogP contribution in [0.1, 0.15) is 5.56 Å². The molecule has 4 aromatic rings. The van der Waals surface area contributed by atoms with Crippen molar-refractivity contribution in [2.24, 2.45) is 0 Å². The number of benzene rings is 2. The van der Waals surface area contributed by atoms with Crippen LogP contribution in [0.15, 0.2) is 66.9 Å². The number of methoxy groups -OCH3 is 2. The van der Waals surface area contributed by atoms with Crippen molar-refractivity contribution in [3.05, 3.63) is 72.4 Å². The van der Waals surface area contributed by atoms with Crippen LogP contribution >= 0.6 is 0 Å². The molecular formula is C21H20N4O2. The van der Waals surface area contributed by atoms with E-state index in [2.05, 4.69) is 10.4 Å². The molecule has 0 aliphatic rings. The van der Waals surface area contributed by atoms with Gasteiger partial charge in [-0.15, -0.1) is 0 Å². The summed E-state index contributed by atoms with van der Waals surface area (Å²) in [4.78, 5) is 4.70. The van der Waals surface area contributed by atoms with Gasteiger partial charge in [-0.05, 0) is 6.07 Å². The Morgan fingerprint density at radius 2 is 1.81 bits per heavy atom. The lowest BCUT2D eigenvalue weighted by molar-refractivity contribution is 0.352. The molecule has 6 heteroatoms. The number of nitrogens with zero attached hydrogens (tertiary/aromatic N) is 3. The van der Waals surface area contributed by atoms with Gasteiger partial charge in [0, 0.05) is 29.8 Å². The minimum atomic E-state index is 0.563. The summed E-state index contributed by atoms with van der Waals surface area (Å²) in [7, 11) is 3.28. The van der Waals surface area contributed by atoms with Crippen molar-refractivity contribution < 1.29 is 9.47 Å². The van der Waals surface area contributed by atoms with E-state index in [0.29, 0.717) is 12.3 Å². The molecule has 2 heterocycles. The molecule has 1 N–H and O–H groups in total. The first-order valence-corrected chi connectivity index (χ1v) is 8.64. The van der Waals surface area contributed by atoms with E-state index >= 15 is 0 Å². The van der Waals surface area contributed by atoms with Crippen LogP contribution in [0, 0.1) is 0 Å². The maximum Gasteiger partial charge on any atom is 0.165 e. The third-order valence-corrected chi connectivity index (χ3v) is 4.37. The minimum absolute atomic E-state index is 0.563. The van der Waals surface area contributed by atoms with Gasteiger partial charge in [-0.3, -0.25) is 0 Å². The second-order valence-electron chi connectivity index (χ2n) is 6.00. The van der Waals surface area contributed by atoms with Gasteiger partial charge in [0.1, 0.15) is 5.82 Å². The molecule has 27 heavy (non-hydrogen) atoms. The Balaban J connectivity index is 1.69. The Morgan fingerprint density at radius 3 is 2.59 bits per heavy atom. The highest BCUT2D eigenvalue weighted by Crippen LogP contribution is 2.31. The Morgan fingerprint density at radius 1 is 0.963 bits per heavy atom. The van der Waals surface area contributed by atoms with E-state index in [0.717, 1.165) is 34.0 Å². The quantitative estimate of drug-likeness (QED) is 0.563. The zero-order valence-electron chi connectivity index (χ0n) is 15.2. The molecule has 2 aromatic heterocycles. The van der Waals surface area contributed by atoms with Crippen molar-refractivity contribution in [1.82, 2.24) is 14.6 Å². The fourth-order valence-corrected chi connectivity index (χ4v) is 3.07. The van der Waals surface area contributed by atoms with Gasteiger partial charge in [-0.1, -0.05) is 42.5 Å². The van der Waals surface area contributed by atoms with Gasteiger partial charge in [-0.2, -0.15) is 9.61 Å². The number of para-hydroxylation sites is 1. The van der Waals surface area contributed by atoms with Crippen molar-refractivity contribution in [3.8, 4) is 22.8 Å². The van der Waals surface area contributed by atoms with E-state index in [1.54, 1.807) is 24.9 Å². The fourth-order valence-electron chi connectivity index (χ4n) is 3.07. The first-order valence-electron chi connectivity index (χ1n) is 8.64. The number of fused-ring (bicyclic) bond motifs is 1. The maximum atomic E-state index is 5.52. The highest BCUT2D eigenvalue weighted by Gasteiger charge is 2.12. The molecule has 0 aliphatic carbocycles. The van der Waals surface area contributed by atoms with Crippen LogP contribution in [0.5, 0.6) is 11.5 Å². The Bertz CT molecular complexity index is 1060. The zero-order chi connectivity index (χ0) is 18.6. The molecular weight excluding hydrogens is 340 g/mol. The molecule has 0 atom stereocenters. The van der Waals surface area contributed by atoms with E-state index in [1.807, 2.05) is 60.7 Å². The smallest absolute Gasteiger partial charge is 0.165 e. The predicted molar refractivity (Wildman–Crippen MR) is 105 cm³/mol. The number of nitrogens with one attached hydrogen (secondary N) is 1. The van der Waals surface area contributed by atoms with Gasteiger partial charge in [-0.25, -0.2) is 4.98 Å². The highest BCUT2D eigenvalue weighted by atomic mass is 16.5. The van der Waals surface area contributed by atoms with E-state index in [1.165, 1.54) is 0 Å². The number of hydrogen-bond donors (Lipinski definition) is 1. The van der Waals surface area contributed by atoms with Crippen molar-refractivity contribution in [1.29, 1.82) is 0 Å². The monoisotopic (exact) mass is 360 g/mol. The summed E-state index contributed by atoms with van der Waals surface area (Å²) in [5.74, 6) is 2.29.